The number of anilines is 1. The van der Waals surface area contributed by atoms with Gasteiger partial charge in [0.05, 0.1) is 5.25 Å². The van der Waals surface area contributed by atoms with Gasteiger partial charge >= 0.3 is 0 Å². The van der Waals surface area contributed by atoms with Gasteiger partial charge in [-0.25, -0.2) is 0 Å². The molecule has 0 bridgehead atoms. The number of Topliss-reactive ketones (excluding diaryl/α,β-unsaturated/α-hetero) is 1. The molecule has 1 atom stereocenters. The quantitative estimate of drug-likeness (QED) is 0.352. The highest BCUT2D eigenvalue weighted by atomic mass is 35.5. The van der Waals surface area contributed by atoms with Crippen molar-refractivity contribution < 1.29 is 9.21 Å². The number of halogens is 1. The Hall–Kier alpha value is -2.31. The second-order valence-corrected chi connectivity index (χ2v) is 7.96. The first-order valence-electron chi connectivity index (χ1n) is 9.17. The Morgan fingerprint density at radius 1 is 1.14 bits per heavy atom. The average Bonchev–Trinajstić information content (AvgIpc) is 3.17. The van der Waals surface area contributed by atoms with Gasteiger partial charge in [0.15, 0.2) is 5.78 Å². The summed E-state index contributed by atoms with van der Waals surface area (Å²) < 4.78 is 5.75. The molecule has 0 saturated heterocycles. The van der Waals surface area contributed by atoms with Crippen LogP contribution in [-0.2, 0) is 0 Å². The zero-order valence-corrected chi connectivity index (χ0v) is 17.6. The zero-order valence-electron chi connectivity index (χ0n) is 16.1. The Morgan fingerprint density at radius 2 is 1.86 bits per heavy atom. The number of benzene rings is 2. The molecule has 5 nitrogen and oxygen atoms in total. The van der Waals surface area contributed by atoms with Gasteiger partial charge in [0.25, 0.3) is 5.22 Å². The normalized spacial score (nSPS) is 12.0. The van der Waals surface area contributed by atoms with E-state index < -0.39 is 0 Å². The molecule has 0 N–H and O–H groups in total. The van der Waals surface area contributed by atoms with E-state index in [1.807, 2.05) is 31.2 Å². The second-order valence-electron chi connectivity index (χ2n) is 6.23. The van der Waals surface area contributed by atoms with Crippen LogP contribution in [0.5, 0.6) is 0 Å². The van der Waals surface area contributed by atoms with Crippen molar-refractivity contribution in [2.24, 2.45) is 0 Å². The number of rotatable bonds is 8. The Morgan fingerprint density at radius 3 is 2.50 bits per heavy atom. The molecule has 146 valence electrons. The van der Waals surface area contributed by atoms with Crippen LogP contribution in [0.1, 0.15) is 31.1 Å². The molecule has 0 fully saturated rings. The first-order valence-corrected chi connectivity index (χ1v) is 10.4. The Balaban J connectivity index is 1.69. The van der Waals surface area contributed by atoms with Gasteiger partial charge in [-0.15, -0.1) is 10.2 Å². The van der Waals surface area contributed by atoms with Gasteiger partial charge in [0.1, 0.15) is 0 Å². The van der Waals surface area contributed by atoms with Crippen LogP contribution >= 0.6 is 23.4 Å². The van der Waals surface area contributed by atoms with E-state index in [1.54, 1.807) is 24.3 Å². The minimum absolute atomic E-state index is 0.0316. The van der Waals surface area contributed by atoms with E-state index in [1.165, 1.54) is 11.8 Å². The third-order valence-corrected chi connectivity index (χ3v) is 5.57. The van der Waals surface area contributed by atoms with Gasteiger partial charge in [-0.3, -0.25) is 4.79 Å². The molecule has 3 aromatic rings. The van der Waals surface area contributed by atoms with Gasteiger partial charge in [-0.1, -0.05) is 35.5 Å². The molecule has 0 radical (unpaired) electrons. The highest BCUT2D eigenvalue weighted by Crippen LogP contribution is 2.29. The third kappa shape index (κ3) is 4.75. The predicted molar refractivity (Wildman–Crippen MR) is 114 cm³/mol. The maximum Gasteiger partial charge on any atom is 0.277 e. The van der Waals surface area contributed by atoms with Gasteiger partial charge in [0, 0.05) is 34.9 Å². The Labute approximate surface area is 174 Å². The average molecular weight is 416 g/mol. The van der Waals surface area contributed by atoms with Crippen molar-refractivity contribution in [2.75, 3.05) is 18.0 Å². The fourth-order valence-electron chi connectivity index (χ4n) is 2.86. The Kier molecular flexibility index (Phi) is 6.75. The van der Waals surface area contributed by atoms with Crippen LogP contribution in [0.3, 0.4) is 0 Å². The minimum atomic E-state index is -0.364. The third-order valence-electron chi connectivity index (χ3n) is 4.41. The molecule has 0 aliphatic heterocycles. The van der Waals surface area contributed by atoms with E-state index in [2.05, 4.69) is 28.9 Å². The maximum atomic E-state index is 12.6. The smallest absolute Gasteiger partial charge is 0.277 e. The summed E-state index contributed by atoms with van der Waals surface area (Å²) in [6.07, 6.45) is 0. The van der Waals surface area contributed by atoms with E-state index in [0.717, 1.165) is 24.3 Å². The van der Waals surface area contributed by atoms with E-state index >= 15 is 0 Å². The molecule has 0 saturated carbocycles. The van der Waals surface area contributed by atoms with Crippen molar-refractivity contribution in [3.05, 3.63) is 59.1 Å². The summed E-state index contributed by atoms with van der Waals surface area (Å²) in [5.41, 5.74) is 2.58. The van der Waals surface area contributed by atoms with Crippen LogP contribution in [0, 0.1) is 0 Å². The lowest BCUT2D eigenvalue weighted by Gasteiger charge is -2.20. The number of carbonyl (C=O) groups excluding carboxylic acids is 1. The number of aromatic nitrogens is 2. The molecule has 0 spiro atoms. The number of nitrogens with zero attached hydrogens (tertiary/aromatic N) is 3. The number of carbonyl (C=O) groups is 1. The maximum absolute atomic E-state index is 12.6. The van der Waals surface area contributed by atoms with E-state index in [9.17, 15) is 4.79 Å². The summed E-state index contributed by atoms with van der Waals surface area (Å²) in [4.78, 5) is 14.8. The minimum Gasteiger partial charge on any atom is -0.411 e. The second kappa shape index (κ2) is 9.26. The molecule has 1 heterocycles. The molecule has 3 rings (SSSR count). The zero-order chi connectivity index (χ0) is 20.1. The summed E-state index contributed by atoms with van der Waals surface area (Å²) in [5.74, 6) is 0.409. The van der Waals surface area contributed by atoms with E-state index in [-0.39, 0.29) is 11.0 Å². The van der Waals surface area contributed by atoms with Crippen molar-refractivity contribution in [1.82, 2.24) is 10.2 Å². The summed E-state index contributed by atoms with van der Waals surface area (Å²) in [6, 6.07) is 15.0. The monoisotopic (exact) mass is 415 g/mol. The Bertz CT molecular complexity index is 939. The van der Waals surface area contributed by atoms with Gasteiger partial charge in [0.2, 0.25) is 5.89 Å². The van der Waals surface area contributed by atoms with Crippen LogP contribution in [0.15, 0.2) is 58.2 Å². The highest BCUT2D eigenvalue weighted by molar-refractivity contribution is 8.00. The largest absolute Gasteiger partial charge is 0.411 e. The summed E-state index contributed by atoms with van der Waals surface area (Å²) >= 11 is 7.21. The van der Waals surface area contributed by atoms with Crippen molar-refractivity contribution >= 4 is 34.8 Å². The number of thioether (sulfide) groups is 1. The molecule has 7 heteroatoms. The summed E-state index contributed by atoms with van der Waals surface area (Å²) in [6.45, 7) is 7.98. The summed E-state index contributed by atoms with van der Waals surface area (Å²) in [5, 5.41) is 8.73. The number of ketones is 1. The van der Waals surface area contributed by atoms with E-state index in [4.69, 9.17) is 16.0 Å². The number of hydrogen-bond acceptors (Lipinski definition) is 6. The fraction of sp³-hybridized carbons (Fsp3) is 0.286. The SMILES string of the molecule is CCN(CC)c1ccc(-c2nnc(S[C@@H](C)C(=O)c3cccc(Cl)c3)o2)cc1. The van der Waals surface area contributed by atoms with Crippen molar-refractivity contribution in [3.8, 4) is 11.5 Å². The van der Waals surface area contributed by atoms with Crippen molar-refractivity contribution in [2.45, 2.75) is 31.2 Å². The van der Waals surface area contributed by atoms with Crippen LogP contribution in [0.4, 0.5) is 5.69 Å². The van der Waals surface area contributed by atoms with Crippen LogP contribution in [-0.4, -0.2) is 34.3 Å². The fourth-order valence-corrected chi connectivity index (χ4v) is 3.81. The van der Waals surface area contributed by atoms with Gasteiger partial charge in [-0.05, 0) is 57.2 Å². The number of hydrogen-bond donors (Lipinski definition) is 0. The first kappa shape index (κ1) is 20.4. The molecular formula is C21H22ClN3O2S. The molecular weight excluding hydrogens is 394 g/mol. The lowest BCUT2D eigenvalue weighted by atomic mass is 10.1. The summed E-state index contributed by atoms with van der Waals surface area (Å²) in [7, 11) is 0. The lowest BCUT2D eigenvalue weighted by Crippen LogP contribution is -2.21. The highest BCUT2D eigenvalue weighted by Gasteiger charge is 2.20. The first-order chi connectivity index (χ1) is 13.5. The topological polar surface area (TPSA) is 59.2 Å². The van der Waals surface area contributed by atoms with Crippen LogP contribution < -0.4 is 4.90 Å². The molecule has 0 aliphatic rings. The van der Waals surface area contributed by atoms with E-state index in [0.29, 0.717) is 21.7 Å². The lowest BCUT2D eigenvalue weighted by molar-refractivity contribution is 0.0993. The molecule has 2 aromatic carbocycles. The molecule has 1 aromatic heterocycles. The van der Waals surface area contributed by atoms with Crippen molar-refractivity contribution in [1.29, 1.82) is 0 Å². The van der Waals surface area contributed by atoms with Gasteiger partial charge < -0.3 is 9.32 Å². The van der Waals surface area contributed by atoms with Crippen molar-refractivity contribution in [3.63, 3.8) is 0 Å². The molecule has 0 aliphatic carbocycles. The molecule has 28 heavy (non-hydrogen) atoms. The van der Waals surface area contributed by atoms with Crippen LogP contribution in [0.2, 0.25) is 5.02 Å². The predicted octanol–water partition coefficient (Wildman–Crippen LogP) is 5.60. The molecule has 0 unspecified atom stereocenters. The standard InChI is InChI=1S/C21H22ClN3O2S/c1-4-25(5-2)18-11-9-15(10-12-18)20-23-24-21(27-20)28-14(3)19(26)16-7-6-8-17(22)13-16/h6-14H,4-5H2,1-3H3/t14-/m0/s1. The van der Waals surface area contributed by atoms with Gasteiger partial charge in [-0.2, -0.15) is 0 Å². The van der Waals surface area contributed by atoms with Crippen LogP contribution in [0.25, 0.3) is 11.5 Å². The molecule has 0 amide bonds.